The smallest absolute Gasteiger partial charge is 0.194 e. The summed E-state index contributed by atoms with van der Waals surface area (Å²) in [5, 5.41) is 31.8. The third-order valence-electron chi connectivity index (χ3n) is 6.04. The number of fused-ring (bicyclic) bond motifs is 2. The van der Waals surface area contributed by atoms with Crippen LogP contribution in [0, 0.1) is 0 Å². The molecule has 0 heterocycles. The quantitative estimate of drug-likeness (QED) is 0.665. The number of hydrogen-bond donors (Lipinski definition) is 3. The molecule has 3 N–H and O–H groups in total. The molecular weight excluding hydrogens is 336 g/mol. The minimum atomic E-state index is -1.67. The molecule has 4 rings (SSSR count). The summed E-state index contributed by atoms with van der Waals surface area (Å²) >= 11 is 0. The summed E-state index contributed by atoms with van der Waals surface area (Å²) in [5.41, 5.74) is -0.585. The molecule has 0 saturated heterocycles. The molecule has 1 atom stereocenters. The highest BCUT2D eigenvalue weighted by atomic mass is 16.3. The van der Waals surface area contributed by atoms with Gasteiger partial charge in [-0.25, -0.2) is 0 Å². The molecule has 0 fully saturated rings. The van der Waals surface area contributed by atoms with Crippen molar-refractivity contribution in [3.63, 3.8) is 0 Å². The van der Waals surface area contributed by atoms with Crippen LogP contribution in [-0.2, 0) is 17.6 Å². The molecule has 1 aromatic carbocycles. The van der Waals surface area contributed by atoms with Crippen LogP contribution in [0.25, 0.3) is 0 Å². The fourth-order valence-electron chi connectivity index (χ4n) is 4.45. The SMILES string of the molecule is CC(=O)[C@@]1(O)CCC2=C(C1)C(=O)c1c(O)c3c(c(O)c1C2=O)CCCC3. The number of phenolic OH excluding ortho intramolecular Hbond substituents is 2. The van der Waals surface area contributed by atoms with Gasteiger partial charge in [0.1, 0.15) is 17.1 Å². The predicted molar refractivity (Wildman–Crippen MR) is 91.6 cm³/mol. The number of carbonyl (C=O) groups excluding carboxylic acids is 3. The van der Waals surface area contributed by atoms with E-state index in [1.54, 1.807) is 0 Å². The van der Waals surface area contributed by atoms with Gasteiger partial charge >= 0.3 is 0 Å². The zero-order valence-corrected chi connectivity index (χ0v) is 14.5. The fourth-order valence-corrected chi connectivity index (χ4v) is 4.45. The van der Waals surface area contributed by atoms with Gasteiger partial charge in [-0.05, 0) is 45.4 Å². The standard InChI is InChI=1S/C20H20O6/c1-9(21)20(26)7-6-12-13(8-20)19(25)15-14(18(12)24)16(22)10-4-2-3-5-11(10)17(15)23/h22-23,26H,2-8H2,1H3/t20-/m1/s1. The first-order valence-corrected chi connectivity index (χ1v) is 8.90. The number of benzene rings is 1. The number of hydrogen-bond acceptors (Lipinski definition) is 6. The Labute approximate surface area is 150 Å². The second kappa shape index (κ2) is 5.51. The molecule has 0 radical (unpaired) electrons. The van der Waals surface area contributed by atoms with Crippen molar-refractivity contribution in [2.75, 3.05) is 0 Å². The van der Waals surface area contributed by atoms with Crippen LogP contribution in [0.3, 0.4) is 0 Å². The van der Waals surface area contributed by atoms with Crippen molar-refractivity contribution < 1.29 is 29.7 Å². The highest BCUT2D eigenvalue weighted by Crippen LogP contribution is 2.48. The van der Waals surface area contributed by atoms with Crippen molar-refractivity contribution in [1.29, 1.82) is 0 Å². The van der Waals surface area contributed by atoms with Gasteiger partial charge in [-0.15, -0.1) is 0 Å². The molecular formula is C20H20O6. The van der Waals surface area contributed by atoms with Gasteiger partial charge in [0.25, 0.3) is 0 Å². The Morgan fingerprint density at radius 3 is 1.88 bits per heavy atom. The summed E-state index contributed by atoms with van der Waals surface area (Å²) < 4.78 is 0. The maximum Gasteiger partial charge on any atom is 0.194 e. The van der Waals surface area contributed by atoms with Crippen LogP contribution >= 0.6 is 0 Å². The molecule has 3 aliphatic carbocycles. The van der Waals surface area contributed by atoms with Crippen LogP contribution < -0.4 is 0 Å². The molecule has 0 unspecified atom stereocenters. The molecule has 0 spiro atoms. The number of allylic oxidation sites excluding steroid dienone is 1. The van der Waals surface area contributed by atoms with Crippen LogP contribution in [0.2, 0.25) is 0 Å². The van der Waals surface area contributed by atoms with Crippen LogP contribution in [0.15, 0.2) is 11.1 Å². The van der Waals surface area contributed by atoms with Crippen molar-refractivity contribution in [2.45, 2.75) is 57.5 Å². The Balaban J connectivity index is 1.93. The van der Waals surface area contributed by atoms with E-state index in [1.165, 1.54) is 6.92 Å². The summed E-state index contributed by atoms with van der Waals surface area (Å²) in [5.74, 6) is -1.96. The lowest BCUT2D eigenvalue weighted by molar-refractivity contribution is -0.136. The topological polar surface area (TPSA) is 112 Å². The zero-order chi connectivity index (χ0) is 18.8. The minimum absolute atomic E-state index is 0.0627. The Bertz CT molecular complexity index is 923. The number of aliphatic hydroxyl groups is 1. The van der Waals surface area contributed by atoms with Crippen molar-refractivity contribution >= 4 is 17.3 Å². The first-order chi connectivity index (χ1) is 12.3. The van der Waals surface area contributed by atoms with E-state index in [0.717, 1.165) is 12.8 Å². The van der Waals surface area contributed by atoms with Crippen LogP contribution in [0.5, 0.6) is 11.5 Å². The van der Waals surface area contributed by atoms with Gasteiger partial charge in [0, 0.05) is 28.7 Å². The lowest BCUT2D eigenvalue weighted by Crippen LogP contribution is -2.43. The number of rotatable bonds is 1. The van der Waals surface area contributed by atoms with Gasteiger partial charge in [-0.3, -0.25) is 14.4 Å². The van der Waals surface area contributed by atoms with E-state index in [9.17, 15) is 29.7 Å². The van der Waals surface area contributed by atoms with Crippen molar-refractivity contribution in [2.24, 2.45) is 0 Å². The monoisotopic (exact) mass is 356 g/mol. The molecule has 6 nitrogen and oxygen atoms in total. The minimum Gasteiger partial charge on any atom is -0.507 e. The summed E-state index contributed by atoms with van der Waals surface area (Å²) in [6.45, 7) is 1.26. The Hall–Kier alpha value is -2.47. The lowest BCUT2D eigenvalue weighted by Gasteiger charge is -2.35. The van der Waals surface area contributed by atoms with E-state index in [-0.39, 0.29) is 53.0 Å². The molecule has 1 aromatic rings. The average Bonchev–Trinajstić information content (AvgIpc) is 2.62. The van der Waals surface area contributed by atoms with Gasteiger partial charge in [-0.1, -0.05) is 0 Å². The lowest BCUT2D eigenvalue weighted by atomic mass is 9.69. The highest BCUT2D eigenvalue weighted by molar-refractivity contribution is 6.29. The Morgan fingerprint density at radius 1 is 0.885 bits per heavy atom. The molecule has 136 valence electrons. The first kappa shape index (κ1) is 17.0. The van der Waals surface area contributed by atoms with Gasteiger partial charge in [0.15, 0.2) is 17.3 Å². The maximum atomic E-state index is 13.1. The van der Waals surface area contributed by atoms with E-state index >= 15 is 0 Å². The van der Waals surface area contributed by atoms with Crippen molar-refractivity contribution in [3.05, 3.63) is 33.4 Å². The summed E-state index contributed by atoms with van der Waals surface area (Å²) in [4.78, 5) is 37.8. The summed E-state index contributed by atoms with van der Waals surface area (Å²) in [6, 6.07) is 0. The van der Waals surface area contributed by atoms with Gasteiger partial charge in [0.05, 0.1) is 11.1 Å². The van der Waals surface area contributed by atoms with E-state index in [4.69, 9.17) is 0 Å². The molecule has 26 heavy (non-hydrogen) atoms. The first-order valence-electron chi connectivity index (χ1n) is 8.90. The van der Waals surface area contributed by atoms with Gasteiger partial charge < -0.3 is 15.3 Å². The van der Waals surface area contributed by atoms with Gasteiger partial charge in [-0.2, -0.15) is 0 Å². The third-order valence-corrected chi connectivity index (χ3v) is 6.04. The number of Topliss-reactive ketones (excluding diaryl/α,β-unsaturated/α-hetero) is 3. The van der Waals surface area contributed by atoms with E-state index in [2.05, 4.69) is 0 Å². The van der Waals surface area contributed by atoms with E-state index in [0.29, 0.717) is 24.0 Å². The molecule has 0 aromatic heterocycles. The van der Waals surface area contributed by atoms with Crippen molar-refractivity contribution in [3.8, 4) is 11.5 Å². The molecule has 3 aliphatic rings. The van der Waals surface area contributed by atoms with E-state index < -0.39 is 23.0 Å². The Kier molecular flexibility index (Phi) is 3.60. The van der Waals surface area contributed by atoms with Crippen molar-refractivity contribution in [1.82, 2.24) is 0 Å². The van der Waals surface area contributed by atoms with E-state index in [1.807, 2.05) is 0 Å². The maximum absolute atomic E-state index is 13.1. The Morgan fingerprint density at radius 2 is 1.38 bits per heavy atom. The van der Waals surface area contributed by atoms with Crippen LogP contribution in [0.1, 0.15) is 70.9 Å². The molecule has 0 amide bonds. The molecule has 0 aliphatic heterocycles. The van der Waals surface area contributed by atoms with Crippen LogP contribution in [-0.4, -0.2) is 38.3 Å². The molecule has 6 heteroatoms. The predicted octanol–water partition coefficient (Wildman–Crippen LogP) is 2.16. The average molecular weight is 356 g/mol. The number of aromatic hydroxyl groups is 2. The largest absolute Gasteiger partial charge is 0.507 e. The number of ketones is 3. The third kappa shape index (κ3) is 2.11. The molecule has 0 saturated carbocycles. The number of phenols is 2. The number of carbonyl (C=O) groups is 3. The van der Waals surface area contributed by atoms with Crippen LogP contribution in [0.4, 0.5) is 0 Å². The highest BCUT2D eigenvalue weighted by Gasteiger charge is 2.46. The fraction of sp³-hybridized carbons (Fsp3) is 0.450. The molecule has 0 bridgehead atoms. The normalized spacial score (nSPS) is 24.8. The second-order valence-corrected chi connectivity index (χ2v) is 7.49. The van der Waals surface area contributed by atoms with Gasteiger partial charge in [0.2, 0.25) is 0 Å². The zero-order valence-electron chi connectivity index (χ0n) is 14.5. The summed E-state index contributed by atoms with van der Waals surface area (Å²) in [6.07, 6.45) is 2.69. The second-order valence-electron chi connectivity index (χ2n) is 7.49. The summed E-state index contributed by atoms with van der Waals surface area (Å²) in [7, 11) is 0.